The van der Waals surface area contributed by atoms with Crippen LogP contribution in [0.5, 0.6) is 0 Å². The molecule has 1 aromatic carbocycles. The fourth-order valence-corrected chi connectivity index (χ4v) is 3.82. The Kier molecular flexibility index (Phi) is 9.32. The molecule has 1 saturated heterocycles. The zero-order chi connectivity index (χ0) is 18.2. The topological polar surface area (TPSA) is 42.9 Å². The number of guanidine groups is 1. The molecule has 3 rings (SSSR count). The van der Waals surface area contributed by atoms with E-state index in [4.69, 9.17) is 0 Å². The first-order valence-electron chi connectivity index (χ1n) is 10.1. The van der Waals surface area contributed by atoms with Gasteiger partial charge in [0.25, 0.3) is 0 Å². The highest BCUT2D eigenvalue weighted by Gasteiger charge is 2.43. The molecule has 0 spiro atoms. The first-order chi connectivity index (χ1) is 12.7. The van der Waals surface area contributed by atoms with Gasteiger partial charge in [-0.3, -0.25) is 4.99 Å². The fraction of sp³-hybridized carbons (Fsp3) is 0.667. The minimum Gasteiger partial charge on any atom is -0.356 e. The van der Waals surface area contributed by atoms with Gasteiger partial charge in [0.1, 0.15) is 0 Å². The lowest BCUT2D eigenvalue weighted by atomic mass is 9.96. The molecule has 5 nitrogen and oxygen atoms in total. The largest absolute Gasteiger partial charge is 0.356 e. The summed E-state index contributed by atoms with van der Waals surface area (Å²) in [7, 11) is 4.09. The SMILES string of the molecule is CN=C(NCCCN1CCCN(C)CC1)NCC1(c2ccccc2)CC1.I. The van der Waals surface area contributed by atoms with Crippen LogP contribution >= 0.6 is 24.0 Å². The van der Waals surface area contributed by atoms with Crippen molar-refractivity contribution in [2.75, 3.05) is 59.9 Å². The van der Waals surface area contributed by atoms with Crippen LogP contribution < -0.4 is 10.6 Å². The molecule has 152 valence electrons. The summed E-state index contributed by atoms with van der Waals surface area (Å²) < 4.78 is 0. The van der Waals surface area contributed by atoms with E-state index in [9.17, 15) is 0 Å². The lowest BCUT2D eigenvalue weighted by molar-refractivity contribution is 0.274. The second-order valence-corrected chi connectivity index (χ2v) is 7.85. The van der Waals surface area contributed by atoms with Gasteiger partial charge in [0.05, 0.1) is 0 Å². The van der Waals surface area contributed by atoms with Crippen LogP contribution in [0.1, 0.15) is 31.2 Å². The highest BCUT2D eigenvalue weighted by atomic mass is 127. The van der Waals surface area contributed by atoms with Gasteiger partial charge in [-0.05, 0) is 57.9 Å². The monoisotopic (exact) mass is 485 g/mol. The third kappa shape index (κ3) is 6.91. The van der Waals surface area contributed by atoms with Crippen molar-refractivity contribution in [1.82, 2.24) is 20.4 Å². The molecule has 2 N–H and O–H groups in total. The van der Waals surface area contributed by atoms with Crippen LogP contribution in [-0.4, -0.2) is 75.7 Å². The number of hydrogen-bond donors (Lipinski definition) is 2. The average Bonchev–Trinajstić information content (AvgIpc) is 3.48. The standard InChI is InChI=1S/C21H35N5.HI/c1-22-20(23-12-6-14-26-15-7-13-25(2)16-17-26)24-18-21(10-11-21)19-8-4-3-5-9-19;/h3-5,8-9H,6-7,10-18H2,1-2H3,(H2,22,23,24);1H. The van der Waals surface area contributed by atoms with Gasteiger partial charge in [-0.2, -0.15) is 0 Å². The van der Waals surface area contributed by atoms with Gasteiger partial charge in [-0.15, -0.1) is 24.0 Å². The second-order valence-electron chi connectivity index (χ2n) is 7.85. The molecule has 1 aliphatic carbocycles. The van der Waals surface area contributed by atoms with Gasteiger partial charge < -0.3 is 20.4 Å². The molecule has 0 unspecified atom stereocenters. The van der Waals surface area contributed by atoms with Crippen LogP contribution in [0.3, 0.4) is 0 Å². The van der Waals surface area contributed by atoms with E-state index in [2.05, 4.69) is 62.8 Å². The van der Waals surface area contributed by atoms with Crippen molar-refractivity contribution in [3.8, 4) is 0 Å². The molecule has 1 heterocycles. The van der Waals surface area contributed by atoms with E-state index in [-0.39, 0.29) is 24.0 Å². The van der Waals surface area contributed by atoms with Crippen LogP contribution in [0.4, 0.5) is 0 Å². The maximum absolute atomic E-state index is 4.40. The van der Waals surface area contributed by atoms with E-state index in [0.29, 0.717) is 5.41 Å². The normalized spacial score (nSPS) is 20.4. The van der Waals surface area contributed by atoms with Crippen molar-refractivity contribution >= 4 is 29.9 Å². The van der Waals surface area contributed by atoms with Crippen LogP contribution in [0.2, 0.25) is 0 Å². The van der Waals surface area contributed by atoms with Crippen molar-refractivity contribution < 1.29 is 0 Å². The molecule has 6 heteroatoms. The molecule has 1 aromatic rings. The van der Waals surface area contributed by atoms with Gasteiger partial charge in [0.15, 0.2) is 5.96 Å². The van der Waals surface area contributed by atoms with Gasteiger partial charge >= 0.3 is 0 Å². The molecular weight excluding hydrogens is 449 g/mol. The van der Waals surface area contributed by atoms with Crippen molar-refractivity contribution in [2.45, 2.75) is 31.1 Å². The van der Waals surface area contributed by atoms with Crippen molar-refractivity contribution in [1.29, 1.82) is 0 Å². The molecule has 0 radical (unpaired) electrons. The number of rotatable bonds is 7. The molecule has 1 saturated carbocycles. The predicted octanol–water partition coefficient (Wildman–Crippen LogP) is 2.53. The van der Waals surface area contributed by atoms with E-state index in [1.807, 2.05) is 7.05 Å². The molecule has 2 aliphatic rings. The summed E-state index contributed by atoms with van der Waals surface area (Å²) in [4.78, 5) is 9.42. The minimum atomic E-state index is 0. The summed E-state index contributed by atoms with van der Waals surface area (Å²) in [5, 5.41) is 7.03. The first kappa shape index (κ1) is 22.4. The quantitative estimate of drug-likeness (QED) is 0.270. The molecule has 0 atom stereocenters. The summed E-state index contributed by atoms with van der Waals surface area (Å²) in [5.74, 6) is 0.933. The van der Waals surface area contributed by atoms with Crippen LogP contribution in [0.25, 0.3) is 0 Å². The molecule has 0 bridgehead atoms. The molecule has 2 fully saturated rings. The Morgan fingerprint density at radius 1 is 1.07 bits per heavy atom. The second kappa shape index (κ2) is 11.2. The van der Waals surface area contributed by atoms with E-state index in [1.165, 1.54) is 57.5 Å². The Morgan fingerprint density at radius 2 is 1.85 bits per heavy atom. The van der Waals surface area contributed by atoms with E-state index in [1.54, 1.807) is 0 Å². The Hall–Kier alpha value is -0.860. The highest BCUT2D eigenvalue weighted by Crippen LogP contribution is 2.47. The van der Waals surface area contributed by atoms with Gasteiger partial charge in [0.2, 0.25) is 0 Å². The summed E-state index contributed by atoms with van der Waals surface area (Å²) in [6, 6.07) is 10.9. The number of aliphatic imine (C=N–C) groups is 1. The van der Waals surface area contributed by atoms with Crippen molar-refractivity contribution in [3.63, 3.8) is 0 Å². The van der Waals surface area contributed by atoms with Gasteiger partial charge in [-0.25, -0.2) is 0 Å². The molecule has 0 amide bonds. The first-order valence-corrected chi connectivity index (χ1v) is 10.1. The van der Waals surface area contributed by atoms with Gasteiger partial charge in [0, 0.05) is 38.6 Å². The predicted molar refractivity (Wildman–Crippen MR) is 125 cm³/mol. The van der Waals surface area contributed by atoms with Crippen LogP contribution in [-0.2, 0) is 5.41 Å². The Bertz CT molecular complexity index is 573. The van der Waals surface area contributed by atoms with E-state index in [0.717, 1.165) is 25.5 Å². The third-order valence-electron chi connectivity index (χ3n) is 5.81. The third-order valence-corrected chi connectivity index (χ3v) is 5.81. The van der Waals surface area contributed by atoms with Crippen molar-refractivity contribution in [2.24, 2.45) is 4.99 Å². The highest BCUT2D eigenvalue weighted by molar-refractivity contribution is 14.0. The summed E-state index contributed by atoms with van der Waals surface area (Å²) >= 11 is 0. The Labute approximate surface area is 182 Å². The molecule has 0 aromatic heterocycles. The fourth-order valence-electron chi connectivity index (χ4n) is 3.82. The molecule has 27 heavy (non-hydrogen) atoms. The maximum Gasteiger partial charge on any atom is 0.191 e. The lowest BCUT2D eigenvalue weighted by Gasteiger charge is -2.21. The van der Waals surface area contributed by atoms with Crippen molar-refractivity contribution in [3.05, 3.63) is 35.9 Å². The zero-order valence-corrected chi connectivity index (χ0v) is 19.2. The van der Waals surface area contributed by atoms with E-state index >= 15 is 0 Å². The number of hydrogen-bond acceptors (Lipinski definition) is 3. The van der Waals surface area contributed by atoms with E-state index < -0.39 is 0 Å². The Balaban J connectivity index is 0.00000261. The summed E-state index contributed by atoms with van der Waals surface area (Å²) in [6.45, 7) is 7.97. The maximum atomic E-state index is 4.40. The summed E-state index contributed by atoms with van der Waals surface area (Å²) in [6.07, 6.45) is 4.98. The minimum absolute atomic E-state index is 0. The van der Waals surface area contributed by atoms with Crippen LogP contribution in [0.15, 0.2) is 35.3 Å². The average molecular weight is 485 g/mol. The Morgan fingerprint density at radius 3 is 2.56 bits per heavy atom. The summed E-state index contributed by atoms with van der Waals surface area (Å²) in [5.41, 5.74) is 1.77. The van der Waals surface area contributed by atoms with Gasteiger partial charge in [-0.1, -0.05) is 30.3 Å². The smallest absolute Gasteiger partial charge is 0.191 e. The molecule has 1 aliphatic heterocycles. The number of nitrogens with one attached hydrogen (secondary N) is 2. The lowest BCUT2D eigenvalue weighted by Crippen LogP contribution is -2.42. The number of nitrogens with zero attached hydrogens (tertiary/aromatic N) is 3. The number of halogens is 1. The number of benzene rings is 1. The zero-order valence-electron chi connectivity index (χ0n) is 16.9. The number of likely N-dealkylation sites (N-methyl/N-ethyl adjacent to an activating group) is 1. The van der Waals surface area contributed by atoms with Crippen LogP contribution in [0, 0.1) is 0 Å². The molecular formula is C21H36IN5.